The van der Waals surface area contributed by atoms with Gasteiger partial charge in [-0.25, -0.2) is 0 Å². The SMILES string of the molecule is C1=CCC([SiH2]C2=CC=CC2)=C1.[H-].[Na+]. The van der Waals surface area contributed by atoms with Crippen molar-refractivity contribution in [3.8, 4) is 0 Å². The molecule has 0 nitrogen and oxygen atoms in total. The molecule has 12 heavy (non-hydrogen) atoms. The average Bonchev–Trinajstić information content (AvgIpc) is 2.60. The standard InChI is InChI=1S/C10H12Si.Na.H/c1-2-6-9(5-1)11-10-7-3-4-8-10;;/h1-5,7H,6,8,11H2;;/q;+1;-1. The van der Waals surface area contributed by atoms with E-state index in [2.05, 4.69) is 36.5 Å². The van der Waals surface area contributed by atoms with Crippen LogP contribution in [0.4, 0.5) is 0 Å². The minimum atomic E-state index is -0.0386. The topological polar surface area (TPSA) is 0 Å². The van der Waals surface area contributed by atoms with E-state index in [1.165, 1.54) is 12.8 Å². The molecule has 0 heterocycles. The Bertz CT molecular complexity index is 249. The second kappa shape index (κ2) is 5.03. The third kappa shape index (κ3) is 2.59. The maximum absolute atomic E-state index is 2.30. The summed E-state index contributed by atoms with van der Waals surface area (Å²) in [6.45, 7) is 0. The van der Waals surface area contributed by atoms with E-state index < -0.39 is 0 Å². The van der Waals surface area contributed by atoms with Crippen LogP contribution in [0.25, 0.3) is 0 Å². The third-order valence-electron chi connectivity index (χ3n) is 2.15. The molecule has 58 valence electrons. The third-order valence-corrected chi connectivity index (χ3v) is 4.11. The zero-order chi connectivity index (χ0) is 7.52. The molecular formula is C10H13NaSi. The van der Waals surface area contributed by atoms with E-state index in [0.29, 0.717) is 0 Å². The van der Waals surface area contributed by atoms with Gasteiger partial charge in [-0.1, -0.05) is 46.8 Å². The summed E-state index contributed by atoms with van der Waals surface area (Å²) in [7, 11) is -0.0386. The van der Waals surface area contributed by atoms with Crippen LogP contribution < -0.4 is 29.6 Å². The molecule has 0 atom stereocenters. The van der Waals surface area contributed by atoms with E-state index in [0.717, 1.165) is 0 Å². The van der Waals surface area contributed by atoms with Gasteiger partial charge in [0.25, 0.3) is 0 Å². The van der Waals surface area contributed by atoms with Gasteiger partial charge in [-0.15, -0.1) is 0 Å². The molecule has 0 fully saturated rings. The van der Waals surface area contributed by atoms with Crippen LogP contribution in [0.2, 0.25) is 0 Å². The van der Waals surface area contributed by atoms with Gasteiger partial charge >= 0.3 is 29.6 Å². The first-order valence-electron chi connectivity index (χ1n) is 4.14. The molecule has 2 rings (SSSR count). The van der Waals surface area contributed by atoms with Crippen LogP contribution in [-0.4, -0.2) is 9.52 Å². The van der Waals surface area contributed by atoms with E-state index in [4.69, 9.17) is 0 Å². The maximum Gasteiger partial charge on any atom is 1.00 e. The predicted molar refractivity (Wildman–Crippen MR) is 53.3 cm³/mol. The largest absolute Gasteiger partial charge is 1.00 e. The Labute approximate surface area is 99.7 Å². The van der Waals surface area contributed by atoms with Crippen LogP contribution in [0, 0.1) is 0 Å². The van der Waals surface area contributed by atoms with E-state index in [1.807, 2.05) is 0 Å². The molecule has 0 aromatic rings. The van der Waals surface area contributed by atoms with E-state index in [-0.39, 0.29) is 40.5 Å². The Hall–Kier alpha value is 0.177. The summed E-state index contributed by atoms with van der Waals surface area (Å²) in [6, 6.07) is 0. The Morgan fingerprint density at radius 1 is 1.00 bits per heavy atom. The van der Waals surface area contributed by atoms with E-state index in [1.54, 1.807) is 10.4 Å². The Morgan fingerprint density at radius 3 is 1.83 bits per heavy atom. The van der Waals surface area contributed by atoms with Gasteiger partial charge in [0, 0.05) is 0 Å². The van der Waals surface area contributed by atoms with Crippen molar-refractivity contribution >= 4 is 9.52 Å². The number of hydrogen-bond acceptors (Lipinski definition) is 0. The summed E-state index contributed by atoms with van der Waals surface area (Å²) in [5, 5.41) is 3.39. The van der Waals surface area contributed by atoms with Gasteiger partial charge in [0.1, 0.15) is 0 Å². The molecule has 0 aliphatic heterocycles. The Morgan fingerprint density at radius 2 is 1.50 bits per heavy atom. The van der Waals surface area contributed by atoms with E-state index >= 15 is 0 Å². The smallest absolute Gasteiger partial charge is 1.00 e. The van der Waals surface area contributed by atoms with Crippen molar-refractivity contribution < 1.29 is 31.0 Å². The monoisotopic (exact) mass is 184 g/mol. The summed E-state index contributed by atoms with van der Waals surface area (Å²) in [4.78, 5) is 0. The normalized spacial score (nSPS) is 19.0. The molecule has 0 unspecified atom stereocenters. The molecule has 0 amide bonds. The Kier molecular flexibility index (Phi) is 4.30. The predicted octanol–water partition coefficient (Wildman–Crippen LogP) is -1.04. The van der Waals surface area contributed by atoms with Crippen LogP contribution in [0.5, 0.6) is 0 Å². The zero-order valence-electron chi connectivity index (χ0n) is 8.59. The molecular weight excluding hydrogens is 171 g/mol. The summed E-state index contributed by atoms with van der Waals surface area (Å²) in [6.07, 6.45) is 15.9. The van der Waals surface area contributed by atoms with Crippen molar-refractivity contribution in [2.75, 3.05) is 0 Å². The van der Waals surface area contributed by atoms with Crippen molar-refractivity contribution in [1.29, 1.82) is 0 Å². The fourth-order valence-electron chi connectivity index (χ4n) is 1.54. The number of hydrogen-bond donors (Lipinski definition) is 0. The van der Waals surface area contributed by atoms with Crippen molar-refractivity contribution in [2.45, 2.75) is 12.8 Å². The summed E-state index contributed by atoms with van der Waals surface area (Å²) in [5.41, 5.74) is 0. The number of allylic oxidation sites excluding steroid dienone is 8. The van der Waals surface area contributed by atoms with Crippen LogP contribution >= 0.6 is 0 Å². The molecule has 0 N–H and O–H groups in total. The van der Waals surface area contributed by atoms with Gasteiger partial charge in [0.05, 0.1) is 9.52 Å². The molecule has 0 spiro atoms. The van der Waals surface area contributed by atoms with Gasteiger partial charge in [0.15, 0.2) is 0 Å². The van der Waals surface area contributed by atoms with Crippen molar-refractivity contribution in [1.82, 2.24) is 0 Å². The molecule has 0 aromatic heterocycles. The van der Waals surface area contributed by atoms with Gasteiger partial charge in [-0.2, -0.15) is 0 Å². The zero-order valence-corrected chi connectivity index (χ0v) is 11.0. The molecule has 0 radical (unpaired) electrons. The quantitative estimate of drug-likeness (QED) is 0.481. The van der Waals surface area contributed by atoms with Crippen LogP contribution in [0.3, 0.4) is 0 Å². The van der Waals surface area contributed by atoms with Crippen molar-refractivity contribution in [3.05, 3.63) is 46.8 Å². The molecule has 0 aromatic carbocycles. The first kappa shape index (κ1) is 10.3. The molecule has 2 aliphatic carbocycles. The first-order chi connectivity index (χ1) is 5.45. The van der Waals surface area contributed by atoms with Crippen LogP contribution in [-0.2, 0) is 0 Å². The average molecular weight is 184 g/mol. The summed E-state index contributed by atoms with van der Waals surface area (Å²) < 4.78 is 0. The molecule has 2 heteroatoms. The van der Waals surface area contributed by atoms with Gasteiger partial charge in [-0.3, -0.25) is 0 Å². The fraction of sp³-hybridized carbons (Fsp3) is 0.200. The van der Waals surface area contributed by atoms with Crippen molar-refractivity contribution in [2.24, 2.45) is 0 Å². The van der Waals surface area contributed by atoms with Gasteiger partial charge < -0.3 is 1.43 Å². The fourth-order valence-corrected chi connectivity index (χ4v) is 3.25. The molecule has 0 saturated heterocycles. The minimum absolute atomic E-state index is 0. The summed E-state index contributed by atoms with van der Waals surface area (Å²) >= 11 is 0. The van der Waals surface area contributed by atoms with Gasteiger partial charge in [-0.05, 0) is 12.8 Å². The Balaban J connectivity index is 0.000000720. The molecule has 0 bridgehead atoms. The second-order valence-corrected chi connectivity index (χ2v) is 5.26. The number of rotatable bonds is 2. The first-order valence-corrected chi connectivity index (χ1v) is 5.56. The van der Waals surface area contributed by atoms with Crippen LogP contribution in [0.1, 0.15) is 14.3 Å². The minimum Gasteiger partial charge on any atom is -1.00 e. The van der Waals surface area contributed by atoms with Gasteiger partial charge in [0.2, 0.25) is 0 Å². The maximum atomic E-state index is 2.30. The molecule has 2 aliphatic rings. The second-order valence-electron chi connectivity index (χ2n) is 3.09. The molecule has 0 saturated carbocycles. The summed E-state index contributed by atoms with van der Waals surface area (Å²) in [5.74, 6) is 0. The van der Waals surface area contributed by atoms with Crippen molar-refractivity contribution in [3.63, 3.8) is 0 Å². The van der Waals surface area contributed by atoms with E-state index in [9.17, 15) is 0 Å². The van der Waals surface area contributed by atoms with Crippen LogP contribution in [0.15, 0.2) is 46.8 Å².